The fourth-order valence-electron chi connectivity index (χ4n) is 3.11. The van der Waals surface area contributed by atoms with Crippen LogP contribution in [-0.4, -0.2) is 19.8 Å². The molecular formula is C21H16N4O3S. The van der Waals surface area contributed by atoms with Crippen molar-refractivity contribution in [2.24, 2.45) is 0 Å². The van der Waals surface area contributed by atoms with Crippen LogP contribution in [0.15, 0.2) is 57.7 Å². The van der Waals surface area contributed by atoms with Crippen LogP contribution in [-0.2, 0) is 6.61 Å². The lowest BCUT2D eigenvalue weighted by Gasteiger charge is -2.07. The summed E-state index contributed by atoms with van der Waals surface area (Å²) in [6.45, 7) is 3.87. The van der Waals surface area contributed by atoms with E-state index in [4.69, 9.17) is 9.15 Å². The van der Waals surface area contributed by atoms with E-state index in [1.807, 2.05) is 49.4 Å². The van der Waals surface area contributed by atoms with Crippen molar-refractivity contribution < 1.29 is 9.15 Å². The molecule has 0 spiro atoms. The summed E-state index contributed by atoms with van der Waals surface area (Å²) in [7, 11) is 0. The molecule has 7 nitrogen and oxygen atoms in total. The maximum Gasteiger partial charge on any atom is 0.339 e. The smallest absolute Gasteiger partial charge is 0.339 e. The van der Waals surface area contributed by atoms with Crippen LogP contribution in [0.4, 0.5) is 0 Å². The van der Waals surface area contributed by atoms with Gasteiger partial charge in [-0.15, -0.1) is 10.2 Å². The number of fused-ring (bicyclic) bond motifs is 2. The quantitative estimate of drug-likeness (QED) is 0.419. The molecule has 0 unspecified atom stereocenters. The zero-order chi connectivity index (χ0) is 20.0. The molecule has 29 heavy (non-hydrogen) atoms. The number of benzene rings is 2. The molecule has 0 aliphatic rings. The summed E-state index contributed by atoms with van der Waals surface area (Å²) in [5, 5.41) is 14.7. The van der Waals surface area contributed by atoms with E-state index in [1.54, 1.807) is 17.5 Å². The molecule has 0 aliphatic heterocycles. The monoisotopic (exact) mass is 404 g/mol. The maximum absolute atomic E-state index is 11.9. The number of aryl methyl sites for hydroxylation is 1. The largest absolute Gasteiger partial charge is 0.485 e. The van der Waals surface area contributed by atoms with Crippen molar-refractivity contribution in [3.63, 3.8) is 0 Å². The molecule has 0 bridgehead atoms. The summed E-state index contributed by atoms with van der Waals surface area (Å²) in [5.74, 6) is 1.18. The SMILES string of the molecule is Cc1c(C)c2ccc(OCc3nnc4sc(-c5ccccc5)nn34)cc2oc1=O. The Morgan fingerprint density at radius 3 is 2.72 bits per heavy atom. The van der Waals surface area contributed by atoms with Crippen LogP contribution in [0.1, 0.15) is 17.0 Å². The topological polar surface area (TPSA) is 82.5 Å². The van der Waals surface area contributed by atoms with Gasteiger partial charge in [-0.3, -0.25) is 0 Å². The Balaban J connectivity index is 1.42. The minimum Gasteiger partial charge on any atom is -0.485 e. The van der Waals surface area contributed by atoms with Gasteiger partial charge in [-0.05, 0) is 31.5 Å². The van der Waals surface area contributed by atoms with Crippen LogP contribution in [0.5, 0.6) is 5.75 Å². The van der Waals surface area contributed by atoms with Crippen LogP contribution >= 0.6 is 11.3 Å². The second-order valence-corrected chi connectivity index (χ2v) is 7.63. The summed E-state index contributed by atoms with van der Waals surface area (Å²) >= 11 is 1.47. The van der Waals surface area contributed by atoms with Crippen LogP contribution in [0.2, 0.25) is 0 Å². The molecule has 0 N–H and O–H groups in total. The highest BCUT2D eigenvalue weighted by molar-refractivity contribution is 7.19. The van der Waals surface area contributed by atoms with E-state index >= 15 is 0 Å². The molecule has 0 radical (unpaired) electrons. The third-order valence-corrected chi connectivity index (χ3v) is 5.82. The number of rotatable bonds is 4. The van der Waals surface area contributed by atoms with E-state index in [-0.39, 0.29) is 12.2 Å². The molecule has 5 aromatic rings. The normalized spacial score (nSPS) is 11.4. The van der Waals surface area contributed by atoms with Crippen molar-refractivity contribution in [3.05, 3.63) is 75.9 Å². The van der Waals surface area contributed by atoms with Crippen molar-refractivity contribution in [2.75, 3.05) is 0 Å². The first-order chi connectivity index (χ1) is 14.1. The van der Waals surface area contributed by atoms with Crippen molar-refractivity contribution in [1.29, 1.82) is 0 Å². The Labute approximate surface area is 169 Å². The Morgan fingerprint density at radius 2 is 1.90 bits per heavy atom. The van der Waals surface area contributed by atoms with E-state index in [9.17, 15) is 4.79 Å². The number of ether oxygens (including phenoxy) is 1. The Bertz CT molecular complexity index is 1400. The summed E-state index contributed by atoms with van der Waals surface area (Å²) in [6.07, 6.45) is 0. The predicted molar refractivity (Wildman–Crippen MR) is 110 cm³/mol. The Kier molecular flexibility index (Phi) is 4.13. The number of aromatic nitrogens is 4. The van der Waals surface area contributed by atoms with Gasteiger partial charge in [-0.25, -0.2) is 4.79 Å². The number of hydrogen-bond donors (Lipinski definition) is 0. The van der Waals surface area contributed by atoms with Gasteiger partial charge >= 0.3 is 5.63 Å². The molecule has 8 heteroatoms. The molecule has 0 fully saturated rings. The first kappa shape index (κ1) is 17.6. The van der Waals surface area contributed by atoms with Crippen molar-refractivity contribution in [2.45, 2.75) is 20.5 Å². The lowest BCUT2D eigenvalue weighted by Crippen LogP contribution is -2.06. The van der Waals surface area contributed by atoms with Gasteiger partial charge in [0.1, 0.15) is 22.9 Å². The first-order valence-corrected chi connectivity index (χ1v) is 9.85. The molecule has 0 saturated heterocycles. The fourth-order valence-corrected chi connectivity index (χ4v) is 3.97. The second-order valence-electron chi connectivity index (χ2n) is 6.67. The molecule has 3 aromatic heterocycles. The highest BCUT2D eigenvalue weighted by Gasteiger charge is 2.14. The zero-order valence-corrected chi connectivity index (χ0v) is 16.6. The van der Waals surface area contributed by atoms with Gasteiger partial charge < -0.3 is 9.15 Å². The van der Waals surface area contributed by atoms with Gasteiger partial charge in [0.05, 0.1) is 0 Å². The van der Waals surface area contributed by atoms with E-state index in [1.165, 1.54) is 11.3 Å². The van der Waals surface area contributed by atoms with Crippen molar-refractivity contribution in [3.8, 4) is 16.3 Å². The number of nitrogens with zero attached hydrogens (tertiary/aromatic N) is 4. The highest BCUT2D eigenvalue weighted by atomic mass is 32.1. The molecule has 0 saturated carbocycles. The zero-order valence-electron chi connectivity index (χ0n) is 15.7. The average Bonchev–Trinajstić information content (AvgIpc) is 3.32. The van der Waals surface area contributed by atoms with E-state index in [2.05, 4.69) is 15.3 Å². The summed E-state index contributed by atoms with van der Waals surface area (Å²) < 4.78 is 13.0. The summed E-state index contributed by atoms with van der Waals surface area (Å²) in [6, 6.07) is 15.4. The lowest BCUT2D eigenvalue weighted by molar-refractivity contribution is 0.292. The van der Waals surface area contributed by atoms with Gasteiger partial charge in [0.15, 0.2) is 5.82 Å². The van der Waals surface area contributed by atoms with Crippen molar-refractivity contribution >= 4 is 27.3 Å². The molecule has 2 aromatic carbocycles. The minimum atomic E-state index is -0.331. The van der Waals surface area contributed by atoms with Crippen LogP contribution in [0, 0.1) is 13.8 Å². The molecule has 0 aliphatic carbocycles. The van der Waals surface area contributed by atoms with Gasteiger partial charge in [0.25, 0.3) is 0 Å². The molecule has 5 rings (SSSR count). The second kappa shape index (κ2) is 6.82. The van der Waals surface area contributed by atoms with Gasteiger partial charge in [-0.2, -0.15) is 9.61 Å². The van der Waals surface area contributed by atoms with E-state index < -0.39 is 0 Å². The molecule has 0 atom stereocenters. The summed E-state index contributed by atoms with van der Waals surface area (Å²) in [5.41, 5.74) is 2.74. The van der Waals surface area contributed by atoms with Crippen molar-refractivity contribution in [1.82, 2.24) is 19.8 Å². The van der Waals surface area contributed by atoms with Crippen LogP contribution in [0.25, 0.3) is 26.5 Å². The molecule has 3 heterocycles. The van der Waals surface area contributed by atoms with E-state index in [0.717, 1.165) is 21.5 Å². The predicted octanol–water partition coefficient (Wildman–Crippen LogP) is 4.16. The molecular weight excluding hydrogens is 388 g/mol. The molecule has 144 valence electrons. The first-order valence-electron chi connectivity index (χ1n) is 9.03. The van der Waals surface area contributed by atoms with Gasteiger partial charge in [-0.1, -0.05) is 41.7 Å². The maximum atomic E-state index is 11.9. The van der Waals surface area contributed by atoms with Crippen LogP contribution in [0.3, 0.4) is 0 Å². The Hall–Kier alpha value is -3.52. The summed E-state index contributed by atoms with van der Waals surface area (Å²) in [4.78, 5) is 12.6. The number of hydrogen-bond acceptors (Lipinski definition) is 7. The minimum absolute atomic E-state index is 0.194. The van der Waals surface area contributed by atoms with Gasteiger partial charge in [0, 0.05) is 22.6 Å². The third-order valence-electron chi connectivity index (χ3n) is 4.87. The Morgan fingerprint density at radius 1 is 1.07 bits per heavy atom. The standard InChI is InChI=1S/C21H16N4O3S/c1-12-13(2)20(26)28-17-10-15(8-9-16(12)17)27-11-18-22-23-21-25(18)24-19(29-21)14-6-4-3-5-7-14/h3-10H,11H2,1-2H3. The fraction of sp³-hybridized carbons (Fsp3) is 0.143. The highest BCUT2D eigenvalue weighted by Crippen LogP contribution is 2.26. The molecule has 0 amide bonds. The van der Waals surface area contributed by atoms with Gasteiger partial charge in [0.2, 0.25) is 4.96 Å². The third kappa shape index (κ3) is 3.07. The van der Waals surface area contributed by atoms with E-state index in [0.29, 0.717) is 27.7 Å². The van der Waals surface area contributed by atoms with Crippen LogP contribution < -0.4 is 10.4 Å². The average molecular weight is 404 g/mol. The lowest BCUT2D eigenvalue weighted by atomic mass is 10.1.